The van der Waals surface area contributed by atoms with Gasteiger partial charge < -0.3 is 10.1 Å². The van der Waals surface area contributed by atoms with E-state index in [4.69, 9.17) is 14.7 Å². The minimum atomic E-state index is -0.358. The summed E-state index contributed by atoms with van der Waals surface area (Å²) < 4.78 is 6.27. The summed E-state index contributed by atoms with van der Waals surface area (Å²) in [5.41, 5.74) is 15.8. The van der Waals surface area contributed by atoms with Crippen LogP contribution >= 0.6 is 0 Å². The van der Waals surface area contributed by atoms with Crippen LogP contribution < -0.4 is 10.1 Å². The molecule has 8 aromatic carbocycles. The number of fused-ring (bicyclic) bond motifs is 3. The molecule has 4 nitrogen and oxygen atoms in total. The molecule has 0 fully saturated rings. The third-order valence-corrected chi connectivity index (χ3v) is 11.9. The molecule has 0 radical (unpaired) electrons. The molecule has 0 amide bonds. The van der Waals surface area contributed by atoms with Gasteiger partial charge in [0.15, 0.2) is 5.84 Å². The summed E-state index contributed by atoms with van der Waals surface area (Å²) in [6.07, 6.45) is 6.95. The zero-order valence-corrected chi connectivity index (χ0v) is 33.4. The monoisotopic (exact) mass is 783 g/mol. The van der Waals surface area contributed by atoms with Crippen molar-refractivity contribution in [2.75, 3.05) is 0 Å². The molecule has 0 saturated carbocycles. The van der Waals surface area contributed by atoms with E-state index in [0.717, 1.165) is 68.3 Å². The van der Waals surface area contributed by atoms with E-state index in [1.165, 1.54) is 33.4 Å². The maximum Gasteiger partial charge on any atom is 0.159 e. The predicted molar refractivity (Wildman–Crippen MR) is 251 cm³/mol. The summed E-state index contributed by atoms with van der Waals surface area (Å²) in [7, 11) is 0. The lowest BCUT2D eigenvalue weighted by Gasteiger charge is -2.25. The van der Waals surface area contributed by atoms with Crippen molar-refractivity contribution in [2.45, 2.75) is 18.5 Å². The number of hydrogen-bond donors (Lipinski definition) is 1. The molecule has 0 bridgehead atoms. The maximum atomic E-state index is 6.27. The number of allylic oxidation sites excluding steroid dienone is 4. The Hall–Kier alpha value is -7.82. The van der Waals surface area contributed by atoms with Crippen LogP contribution in [-0.2, 0) is 0 Å². The Labute approximate surface area is 356 Å². The van der Waals surface area contributed by atoms with Gasteiger partial charge in [-0.1, -0.05) is 188 Å². The van der Waals surface area contributed by atoms with E-state index in [2.05, 4.69) is 218 Å². The number of rotatable bonds is 8. The second kappa shape index (κ2) is 15.7. The molecule has 0 saturated heterocycles. The standard InChI is InChI=1S/C57H41N3O/c1-6-19-38(20-7-1)47-37-48(53(40-23-10-3-11-24-40)54(41-25-12-4-13-26-41)52(47)39-21-8-2-9-22-39)43-29-18-30-44(35-43)56-58-55(42-27-14-5-15-28-42)59-57(60-56)45-33-34-51-49(36-45)46-31-16-17-32-50(46)61-51/h1-30,32-37,46,57H,31H2,(H,58,59,60). The Bertz CT molecular complexity index is 3030. The van der Waals surface area contributed by atoms with Gasteiger partial charge >= 0.3 is 0 Å². The highest BCUT2D eigenvalue weighted by atomic mass is 16.5. The van der Waals surface area contributed by atoms with E-state index in [1.807, 2.05) is 6.07 Å². The number of benzene rings is 8. The highest BCUT2D eigenvalue weighted by Gasteiger charge is 2.32. The summed E-state index contributed by atoms with van der Waals surface area (Å²) >= 11 is 0. The molecule has 0 spiro atoms. The lowest BCUT2D eigenvalue weighted by molar-refractivity contribution is 0.425. The van der Waals surface area contributed by atoms with Crippen LogP contribution in [0.3, 0.4) is 0 Å². The first-order valence-electron chi connectivity index (χ1n) is 21.0. The van der Waals surface area contributed by atoms with Crippen LogP contribution in [0.2, 0.25) is 0 Å². The first kappa shape index (κ1) is 36.3. The SMILES string of the molecule is C1=CCC2C(=C1)Oc1ccc(C3N=C(c4cccc(-c5cc(-c6ccccc6)c(-c6ccccc6)c(-c6ccccc6)c5-c5ccccc5)c4)N=C(c4ccccc4)N3)cc12. The largest absolute Gasteiger partial charge is 0.461 e. The van der Waals surface area contributed by atoms with Crippen molar-refractivity contribution in [2.24, 2.45) is 9.98 Å². The van der Waals surface area contributed by atoms with Crippen LogP contribution in [0.4, 0.5) is 0 Å². The van der Waals surface area contributed by atoms with Crippen LogP contribution in [-0.4, -0.2) is 11.7 Å². The fourth-order valence-electron chi connectivity index (χ4n) is 9.00. The van der Waals surface area contributed by atoms with Gasteiger partial charge in [-0.15, -0.1) is 0 Å². The van der Waals surface area contributed by atoms with E-state index >= 15 is 0 Å². The molecule has 1 N–H and O–H groups in total. The molecule has 2 atom stereocenters. The fraction of sp³-hybridized carbons (Fsp3) is 0.0526. The van der Waals surface area contributed by atoms with E-state index in [-0.39, 0.29) is 12.1 Å². The molecule has 4 heteroatoms. The van der Waals surface area contributed by atoms with Gasteiger partial charge in [-0.25, -0.2) is 9.98 Å². The van der Waals surface area contributed by atoms with E-state index < -0.39 is 0 Å². The van der Waals surface area contributed by atoms with Crippen LogP contribution in [0.1, 0.15) is 40.8 Å². The Morgan fingerprint density at radius 2 is 1.02 bits per heavy atom. The molecular formula is C57H41N3O. The minimum Gasteiger partial charge on any atom is -0.461 e. The molecule has 3 aliphatic rings. The van der Waals surface area contributed by atoms with Gasteiger partial charge in [0.25, 0.3) is 0 Å². The molecule has 0 aromatic heterocycles. The average Bonchev–Trinajstić information content (AvgIpc) is 3.73. The topological polar surface area (TPSA) is 46.0 Å². The second-order valence-electron chi connectivity index (χ2n) is 15.7. The highest BCUT2D eigenvalue weighted by molar-refractivity contribution is 6.14. The van der Waals surface area contributed by atoms with Crippen LogP contribution in [0.15, 0.2) is 234 Å². The molecule has 8 aromatic rings. The number of ether oxygens (including phenoxy) is 1. The van der Waals surface area contributed by atoms with Gasteiger partial charge in [0.05, 0.1) is 0 Å². The van der Waals surface area contributed by atoms with Gasteiger partial charge in [-0.3, -0.25) is 0 Å². The van der Waals surface area contributed by atoms with Gasteiger partial charge in [0, 0.05) is 22.6 Å². The Balaban J connectivity index is 1.12. The number of aliphatic imine (C=N–C) groups is 2. The van der Waals surface area contributed by atoms with Crippen molar-refractivity contribution in [1.29, 1.82) is 0 Å². The Morgan fingerprint density at radius 3 is 1.66 bits per heavy atom. The lowest BCUT2D eigenvalue weighted by atomic mass is 9.79. The highest BCUT2D eigenvalue weighted by Crippen LogP contribution is 2.50. The van der Waals surface area contributed by atoms with E-state index in [9.17, 15) is 0 Å². The summed E-state index contributed by atoms with van der Waals surface area (Å²) in [5.74, 6) is 3.62. The summed E-state index contributed by atoms with van der Waals surface area (Å²) in [6.45, 7) is 0. The zero-order chi connectivity index (χ0) is 40.5. The summed E-state index contributed by atoms with van der Waals surface area (Å²) in [4.78, 5) is 10.6. The van der Waals surface area contributed by atoms with E-state index in [1.54, 1.807) is 0 Å². The molecule has 2 unspecified atom stereocenters. The lowest BCUT2D eigenvalue weighted by Crippen LogP contribution is -2.33. The molecule has 11 rings (SSSR count). The second-order valence-corrected chi connectivity index (χ2v) is 15.7. The molecule has 290 valence electrons. The molecular weight excluding hydrogens is 743 g/mol. The van der Waals surface area contributed by atoms with Gasteiger partial charge in [0.2, 0.25) is 0 Å². The van der Waals surface area contributed by atoms with Crippen LogP contribution in [0.5, 0.6) is 5.75 Å². The minimum absolute atomic E-state index is 0.222. The summed E-state index contributed by atoms with van der Waals surface area (Å²) in [6, 6.07) is 71.2. The van der Waals surface area contributed by atoms with Gasteiger partial charge in [0.1, 0.15) is 23.5 Å². The van der Waals surface area contributed by atoms with Crippen molar-refractivity contribution in [3.8, 4) is 61.4 Å². The van der Waals surface area contributed by atoms with Crippen LogP contribution in [0, 0.1) is 0 Å². The molecule has 2 aliphatic heterocycles. The average molecular weight is 784 g/mol. The molecule has 2 heterocycles. The van der Waals surface area contributed by atoms with Crippen molar-refractivity contribution >= 4 is 11.7 Å². The Morgan fingerprint density at radius 1 is 0.475 bits per heavy atom. The number of hydrogen-bond acceptors (Lipinski definition) is 4. The predicted octanol–water partition coefficient (Wildman–Crippen LogP) is 13.8. The van der Waals surface area contributed by atoms with Crippen molar-refractivity contribution in [3.63, 3.8) is 0 Å². The third kappa shape index (κ3) is 6.88. The summed E-state index contributed by atoms with van der Waals surface area (Å²) in [5, 5.41) is 3.69. The molecule has 61 heavy (non-hydrogen) atoms. The van der Waals surface area contributed by atoms with Crippen molar-refractivity contribution in [1.82, 2.24) is 5.32 Å². The fourth-order valence-corrected chi connectivity index (χ4v) is 9.00. The van der Waals surface area contributed by atoms with Gasteiger partial charge in [-0.05, 0) is 98.0 Å². The maximum absolute atomic E-state index is 6.27. The number of amidine groups is 2. The molecule has 1 aliphatic carbocycles. The first-order valence-corrected chi connectivity index (χ1v) is 21.0. The van der Waals surface area contributed by atoms with E-state index in [0.29, 0.717) is 5.84 Å². The first-order chi connectivity index (χ1) is 30.2. The van der Waals surface area contributed by atoms with Crippen LogP contribution in [0.25, 0.3) is 55.6 Å². The smallest absolute Gasteiger partial charge is 0.159 e. The number of nitrogens with zero attached hydrogens (tertiary/aromatic N) is 2. The third-order valence-electron chi connectivity index (χ3n) is 11.9. The zero-order valence-electron chi connectivity index (χ0n) is 33.4. The quantitative estimate of drug-likeness (QED) is 0.167. The number of nitrogens with one attached hydrogen (secondary N) is 1. The Kier molecular flexibility index (Phi) is 9.36. The normalized spacial score (nSPS) is 16.3. The van der Waals surface area contributed by atoms with Crippen molar-refractivity contribution < 1.29 is 4.74 Å². The van der Waals surface area contributed by atoms with Crippen molar-refractivity contribution in [3.05, 3.63) is 246 Å². The van der Waals surface area contributed by atoms with Gasteiger partial charge in [-0.2, -0.15) is 0 Å².